The lowest BCUT2D eigenvalue weighted by Crippen LogP contribution is -2.60. The summed E-state index contributed by atoms with van der Waals surface area (Å²) in [5.74, 6) is -1.55. The van der Waals surface area contributed by atoms with Crippen molar-refractivity contribution >= 4 is 35.3 Å². The normalized spacial score (nSPS) is 19.6. The van der Waals surface area contributed by atoms with Crippen LogP contribution in [0.5, 0.6) is 0 Å². The summed E-state index contributed by atoms with van der Waals surface area (Å²) in [6.07, 6.45) is 1.33. The highest BCUT2D eigenvalue weighted by Gasteiger charge is 2.41. The Hall–Kier alpha value is -3.27. The van der Waals surface area contributed by atoms with Crippen molar-refractivity contribution in [3.8, 4) is 0 Å². The zero-order valence-electron chi connectivity index (χ0n) is 16.5. The molecule has 10 heteroatoms. The van der Waals surface area contributed by atoms with E-state index in [4.69, 9.17) is 0 Å². The number of carbonyl (C=O) groups is 3. The smallest absolute Gasteiger partial charge is 0.331 e. The van der Waals surface area contributed by atoms with Crippen molar-refractivity contribution < 1.29 is 19.3 Å². The van der Waals surface area contributed by atoms with Gasteiger partial charge in [0, 0.05) is 55.1 Å². The van der Waals surface area contributed by atoms with E-state index in [2.05, 4.69) is 10.6 Å². The minimum absolute atomic E-state index is 0.150. The molecule has 0 bridgehead atoms. The number of hydrogen-bond donors (Lipinski definition) is 2. The van der Waals surface area contributed by atoms with Crippen molar-refractivity contribution in [3.05, 3.63) is 39.4 Å². The third kappa shape index (κ3) is 4.11. The summed E-state index contributed by atoms with van der Waals surface area (Å²) in [5, 5.41) is 16.7. The van der Waals surface area contributed by atoms with Crippen LogP contribution in [0.2, 0.25) is 0 Å². The molecule has 1 aromatic carbocycles. The minimum atomic E-state index is -0.842. The summed E-state index contributed by atoms with van der Waals surface area (Å²) in [6.45, 7) is 7.89. The lowest BCUT2D eigenvalue weighted by Gasteiger charge is -2.36. The van der Waals surface area contributed by atoms with Gasteiger partial charge in [0.05, 0.1) is 4.92 Å². The standard InChI is InChI=1S/C19H23N5O5/c1-19(2,3)23-17(26)14(16(25)21-18(23)27)11-12-10-13(24(28)29)4-5-15(12)22-8-6-20-7-9-22/h4-5,10-11,20H,6-9H2,1-3H3,(H,21,25,27)/b14-11-. The third-order valence-corrected chi connectivity index (χ3v) is 4.75. The Balaban J connectivity index is 2.10. The average Bonchev–Trinajstić information content (AvgIpc) is 2.64. The topological polar surface area (TPSA) is 125 Å². The highest BCUT2D eigenvalue weighted by molar-refractivity contribution is 6.31. The number of carbonyl (C=O) groups excluding carboxylic acids is 3. The van der Waals surface area contributed by atoms with E-state index < -0.39 is 28.3 Å². The lowest BCUT2D eigenvalue weighted by molar-refractivity contribution is -0.384. The second-order valence-corrected chi connectivity index (χ2v) is 7.87. The summed E-state index contributed by atoms with van der Waals surface area (Å²) in [6, 6.07) is 3.56. The zero-order chi connectivity index (χ0) is 21.3. The molecule has 2 heterocycles. The van der Waals surface area contributed by atoms with Crippen LogP contribution in [0.3, 0.4) is 0 Å². The van der Waals surface area contributed by atoms with Crippen LogP contribution in [0.25, 0.3) is 6.08 Å². The maximum atomic E-state index is 12.9. The van der Waals surface area contributed by atoms with Crippen LogP contribution < -0.4 is 15.5 Å². The van der Waals surface area contributed by atoms with E-state index in [-0.39, 0.29) is 11.3 Å². The van der Waals surface area contributed by atoms with E-state index >= 15 is 0 Å². The molecular formula is C19H23N5O5. The maximum absolute atomic E-state index is 12.9. The summed E-state index contributed by atoms with van der Waals surface area (Å²) in [5.41, 5.74) is -0.169. The van der Waals surface area contributed by atoms with Gasteiger partial charge in [-0.2, -0.15) is 0 Å². The highest BCUT2D eigenvalue weighted by Crippen LogP contribution is 2.30. The number of nitrogens with one attached hydrogen (secondary N) is 2. The predicted octanol–water partition coefficient (Wildman–Crippen LogP) is 1.26. The zero-order valence-corrected chi connectivity index (χ0v) is 16.5. The molecule has 2 aliphatic heterocycles. The van der Waals surface area contributed by atoms with E-state index in [9.17, 15) is 24.5 Å². The van der Waals surface area contributed by atoms with Crippen molar-refractivity contribution in [2.24, 2.45) is 0 Å². The number of imide groups is 2. The molecule has 29 heavy (non-hydrogen) atoms. The molecular weight excluding hydrogens is 378 g/mol. The number of hydrogen-bond acceptors (Lipinski definition) is 7. The monoisotopic (exact) mass is 401 g/mol. The summed E-state index contributed by atoms with van der Waals surface area (Å²) in [4.78, 5) is 51.2. The number of anilines is 1. The first-order valence-electron chi connectivity index (χ1n) is 9.25. The van der Waals surface area contributed by atoms with Crippen LogP contribution in [0.4, 0.5) is 16.2 Å². The molecule has 1 aromatic rings. The van der Waals surface area contributed by atoms with Crippen molar-refractivity contribution in [2.75, 3.05) is 31.1 Å². The Morgan fingerprint density at radius 1 is 1.14 bits per heavy atom. The number of barbiturate groups is 1. The Labute approximate surface area is 167 Å². The van der Waals surface area contributed by atoms with E-state index in [1.165, 1.54) is 18.2 Å². The molecule has 0 unspecified atom stereocenters. The van der Waals surface area contributed by atoms with Crippen LogP contribution in [0.1, 0.15) is 26.3 Å². The van der Waals surface area contributed by atoms with Crippen LogP contribution in [-0.2, 0) is 9.59 Å². The molecule has 10 nitrogen and oxygen atoms in total. The van der Waals surface area contributed by atoms with Gasteiger partial charge in [0.2, 0.25) is 0 Å². The summed E-state index contributed by atoms with van der Waals surface area (Å²) >= 11 is 0. The molecule has 2 saturated heterocycles. The molecule has 2 aliphatic rings. The first-order chi connectivity index (χ1) is 13.6. The van der Waals surface area contributed by atoms with Crippen molar-refractivity contribution in [2.45, 2.75) is 26.3 Å². The fourth-order valence-corrected chi connectivity index (χ4v) is 3.39. The second-order valence-electron chi connectivity index (χ2n) is 7.87. The second kappa shape index (κ2) is 7.63. The number of rotatable bonds is 3. The Morgan fingerprint density at radius 2 is 1.79 bits per heavy atom. The number of nitro benzene ring substituents is 1. The lowest BCUT2D eigenvalue weighted by atomic mass is 10.00. The van der Waals surface area contributed by atoms with Crippen molar-refractivity contribution in [1.29, 1.82) is 0 Å². The molecule has 0 saturated carbocycles. The SMILES string of the molecule is CC(C)(C)N1C(=O)NC(=O)/C(=C/c2cc([N+](=O)[O-])ccc2N2CCNCC2)C1=O. The molecule has 0 aromatic heterocycles. The van der Waals surface area contributed by atoms with Crippen LogP contribution in [-0.4, -0.2) is 59.4 Å². The van der Waals surface area contributed by atoms with Gasteiger partial charge in [-0.3, -0.25) is 29.9 Å². The van der Waals surface area contributed by atoms with Crippen molar-refractivity contribution in [1.82, 2.24) is 15.5 Å². The van der Waals surface area contributed by atoms with Gasteiger partial charge >= 0.3 is 6.03 Å². The van der Waals surface area contributed by atoms with Gasteiger partial charge in [0.25, 0.3) is 17.5 Å². The minimum Gasteiger partial charge on any atom is -0.368 e. The molecule has 0 spiro atoms. The fraction of sp³-hybridized carbons (Fsp3) is 0.421. The average molecular weight is 401 g/mol. The van der Waals surface area contributed by atoms with Gasteiger partial charge in [-0.05, 0) is 32.9 Å². The summed E-state index contributed by atoms with van der Waals surface area (Å²) in [7, 11) is 0. The van der Waals surface area contributed by atoms with Gasteiger partial charge in [-0.15, -0.1) is 0 Å². The molecule has 0 radical (unpaired) electrons. The van der Waals surface area contributed by atoms with Crippen molar-refractivity contribution in [3.63, 3.8) is 0 Å². The molecule has 0 aliphatic carbocycles. The van der Waals surface area contributed by atoms with Crippen LogP contribution in [0, 0.1) is 10.1 Å². The molecule has 0 atom stereocenters. The number of nitrogens with zero attached hydrogens (tertiary/aromatic N) is 3. The van der Waals surface area contributed by atoms with Crippen LogP contribution >= 0.6 is 0 Å². The fourth-order valence-electron chi connectivity index (χ4n) is 3.39. The Kier molecular flexibility index (Phi) is 5.38. The van der Waals surface area contributed by atoms with Gasteiger partial charge in [-0.25, -0.2) is 4.79 Å². The van der Waals surface area contributed by atoms with Gasteiger partial charge in [0.15, 0.2) is 0 Å². The summed E-state index contributed by atoms with van der Waals surface area (Å²) < 4.78 is 0. The van der Waals surface area contributed by atoms with Gasteiger partial charge in [0.1, 0.15) is 5.57 Å². The Morgan fingerprint density at radius 3 is 2.38 bits per heavy atom. The van der Waals surface area contributed by atoms with Gasteiger partial charge in [-0.1, -0.05) is 0 Å². The quantitative estimate of drug-likeness (QED) is 0.338. The van der Waals surface area contributed by atoms with E-state index in [1.54, 1.807) is 26.8 Å². The number of piperazine rings is 1. The Bertz CT molecular complexity index is 912. The highest BCUT2D eigenvalue weighted by atomic mass is 16.6. The van der Waals surface area contributed by atoms with E-state index in [0.717, 1.165) is 18.0 Å². The molecule has 4 amide bonds. The number of urea groups is 1. The maximum Gasteiger partial charge on any atom is 0.331 e. The predicted molar refractivity (Wildman–Crippen MR) is 106 cm³/mol. The molecule has 3 rings (SSSR count). The van der Waals surface area contributed by atoms with E-state index in [0.29, 0.717) is 24.3 Å². The number of benzene rings is 1. The molecule has 2 fully saturated rings. The number of amides is 4. The van der Waals surface area contributed by atoms with E-state index in [1.807, 2.05) is 4.90 Å². The third-order valence-electron chi connectivity index (χ3n) is 4.75. The number of non-ortho nitro benzene ring substituents is 1. The molecule has 2 N–H and O–H groups in total. The first kappa shape index (κ1) is 20.5. The molecule has 154 valence electrons. The van der Waals surface area contributed by atoms with Gasteiger partial charge < -0.3 is 10.2 Å². The van der Waals surface area contributed by atoms with Crippen LogP contribution in [0.15, 0.2) is 23.8 Å². The first-order valence-corrected chi connectivity index (χ1v) is 9.25. The largest absolute Gasteiger partial charge is 0.368 e. The number of nitro groups is 1.